The van der Waals surface area contributed by atoms with Crippen LogP contribution in [0.4, 0.5) is 5.82 Å². The van der Waals surface area contributed by atoms with E-state index in [1.54, 1.807) is 12.1 Å². The van der Waals surface area contributed by atoms with E-state index in [1.807, 2.05) is 25.1 Å². The zero-order chi connectivity index (χ0) is 14.8. The highest BCUT2D eigenvalue weighted by Crippen LogP contribution is 2.41. The van der Waals surface area contributed by atoms with Crippen LogP contribution in [0, 0.1) is 6.92 Å². The zero-order valence-corrected chi connectivity index (χ0v) is 12.4. The predicted molar refractivity (Wildman–Crippen MR) is 84.4 cm³/mol. The lowest BCUT2D eigenvalue weighted by Crippen LogP contribution is -2.09. The molecule has 0 bridgehead atoms. The first-order chi connectivity index (χ1) is 10.1. The van der Waals surface area contributed by atoms with E-state index in [9.17, 15) is 4.79 Å². The molecule has 1 aliphatic carbocycles. The fourth-order valence-corrected chi connectivity index (χ4v) is 2.44. The van der Waals surface area contributed by atoms with Gasteiger partial charge in [0.25, 0.3) is 0 Å². The van der Waals surface area contributed by atoms with Crippen LogP contribution in [0.1, 0.15) is 35.6 Å². The number of anilines is 1. The van der Waals surface area contributed by atoms with Crippen LogP contribution in [0.15, 0.2) is 30.3 Å². The smallest absolute Gasteiger partial charge is 0.249 e. The Balaban J connectivity index is 1.68. The Hall–Kier alpha value is -2.07. The van der Waals surface area contributed by atoms with Gasteiger partial charge >= 0.3 is 0 Å². The molecule has 2 aromatic rings. The second kappa shape index (κ2) is 5.74. The summed E-state index contributed by atoms with van der Waals surface area (Å²) in [6.07, 6.45) is 5.55. The molecule has 0 radical (unpaired) electrons. The lowest BCUT2D eigenvalue weighted by Gasteiger charge is -2.00. The van der Waals surface area contributed by atoms with Crippen LogP contribution in [0.25, 0.3) is 6.08 Å². The Kier molecular flexibility index (Phi) is 3.80. The molecule has 1 fully saturated rings. The van der Waals surface area contributed by atoms with Gasteiger partial charge in [-0.15, -0.1) is 0 Å². The summed E-state index contributed by atoms with van der Waals surface area (Å²) >= 11 is 6.04. The molecule has 2 N–H and O–H groups in total. The van der Waals surface area contributed by atoms with Gasteiger partial charge in [-0.1, -0.05) is 29.8 Å². The quantitative estimate of drug-likeness (QED) is 0.841. The molecule has 0 unspecified atom stereocenters. The minimum atomic E-state index is -0.216. The van der Waals surface area contributed by atoms with Crippen LogP contribution in [0.5, 0.6) is 0 Å². The molecule has 0 saturated heterocycles. The highest BCUT2D eigenvalue weighted by molar-refractivity contribution is 6.32. The van der Waals surface area contributed by atoms with Crippen molar-refractivity contribution in [2.24, 2.45) is 0 Å². The van der Waals surface area contributed by atoms with Crippen molar-refractivity contribution in [3.63, 3.8) is 0 Å². The molecule has 4 nitrogen and oxygen atoms in total. The van der Waals surface area contributed by atoms with Crippen molar-refractivity contribution >= 4 is 29.4 Å². The lowest BCUT2D eigenvalue weighted by atomic mass is 10.2. The Labute approximate surface area is 128 Å². The summed E-state index contributed by atoms with van der Waals surface area (Å²) in [6, 6.07) is 7.38. The third kappa shape index (κ3) is 3.16. The number of rotatable bonds is 4. The molecule has 0 aliphatic heterocycles. The number of amides is 1. The zero-order valence-electron chi connectivity index (χ0n) is 11.7. The molecule has 5 heteroatoms. The Morgan fingerprint density at radius 3 is 2.90 bits per heavy atom. The monoisotopic (exact) mass is 301 g/mol. The van der Waals surface area contributed by atoms with Gasteiger partial charge in [-0.05, 0) is 37.5 Å². The maximum atomic E-state index is 11.9. The molecule has 1 saturated carbocycles. The topological polar surface area (TPSA) is 57.8 Å². The normalized spacial score (nSPS) is 14.6. The van der Waals surface area contributed by atoms with Crippen molar-refractivity contribution in [2.75, 3.05) is 5.32 Å². The summed E-state index contributed by atoms with van der Waals surface area (Å²) in [5.41, 5.74) is 2.98. The van der Waals surface area contributed by atoms with Crippen molar-refractivity contribution in [1.29, 1.82) is 0 Å². The number of hydrogen-bond donors (Lipinski definition) is 2. The van der Waals surface area contributed by atoms with Gasteiger partial charge in [-0.2, -0.15) is 5.10 Å². The molecule has 21 heavy (non-hydrogen) atoms. The Morgan fingerprint density at radius 2 is 2.19 bits per heavy atom. The van der Waals surface area contributed by atoms with Gasteiger partial charge in [0.1, 0.15) is 0 Å². The van der Waals surface area contributed by atoms with Crippen molar-refractivity contribution in [3.05, 3.63) is 52.2 Å². The van der Waals surface area contributed by atoms with E-state index in [2.05, 4.69) is 15.5 Å². The van der Waals surface area contributed by atoms with Crippen LogP contribution < -0.4 is 5.32 Å². The number of nitrogens with one attached hydrogen (secondary N) is 2. The van der Waals surface area contributed by atoms with Crippen molar-refractivity contribution in [3.8, 4) is 0 Å². The van der Waals surface area contributed by atoms with Crippen molar-refractivity contribution < 1.29 is 4.79 Å². The first-order valence-electron chi connectivity index (χ1n) is 6.93. The number of aromatic nitrogens is 2. The number of aromatic amines is 1. The molecule has 108 valence electrons. The van der Waals surface area contributed by atoms with E-state index in [0.29, 0.717) is 16.8 Å². The van der Waals surface area contributed by atoms with Crippen LogP contribution in [-0.4, -0.2) is 16.1 Å². The van der Waals surface area contributed by atoms with Crippen molar-refractivity contribution in [2.45, 2.75) is 25.7 Å². The summed E-state index contributed by atoms with van der Waals surface area (Å²) < 4.78 is 0. The maximum absolute atomic E-state index is 11.9. The third-order valence-corrected chi connectivity index (χ3v) is 3.94. The maximum Gasteiger partial charge on any atom is 0.249 e. The van der Waals surface area contributed by atoms with E-state index in [1.165, 1.54) is 18.9 Å². The summed E-state index contributed by atoms with van der Waals surface area (Å²) in [6.45, 7) is 1.98. The number of halogens is 1. The summed E-state index contributed by atoms with van der Waals surface area (Å²) in [5, 5.41) is 10.6. The van der Waals surface area contributed by atoms with Gasteiger partial charge in [0.2, 0.25) is 5.91 Å². The molecular formula is C16H16ClN3O. The van der Waals surface area contributed by atoms with Gasteiger partial charge in [0, 0.05) is 28.3 Å². The first kappa shape index (κ1) is 13.9. The number of carbonyl (C=O) groups is 1. The average molecular weight is 302 g/mol. The molecular weight excluding hydrogens is 286 g/mol. The minimum Gasteiger partial charge on any atom is -0.305 e. The number of H-pyrrole nitrogens is 1. The average Bonchev–Trinajstić information content (AvgIpc) is 3.24. The second-order valence-electron chi connectivity index (χ2n) is 5.23. The van der Waals surface area contributed by atoms with Gasteiger partial charge in [0.05, 0.1) is 0 Å². The lowest BCUT2D eigenvalue weighted by molar-refractivity contribution is -0.111. The Morgan fingerprint density at radius 1 is 1.43 bits per heavy atom. The highest BCUT2D eigenvalue weighted by atomic mass is 35.5. The third-order valence-electron chi connectivity index (χ3n) is 3.59. The van der Waals surface area contributed by atoms with Crippen LogP contribution in [0.3, 0.4) is 0 Å². The van der Waals surface area contributed by atoms with E-state index in [0.717, 1.165) is 16.8 Å². The summed E-state index contributed by atoms with van der Waals surface area (Å²) in [5.74, 6) is 0.972. The molecule has 0 spiro atoms. The standard InChI is InChI=1S/C16H16ClN3O/c1-10-15(12-6-7-12)19-20-16(10)18-14(21)9-8-11-4-2-3-5-13(11)17/h2-5,8-9,12H,6-7H2,1H3,(H2,18,19,20,21)/b9-8+. The molecule has 3 rings (SSSR count). The van der Waals surface area contributed by atoms with E-state index >= 15 is 0 Å². The van der Waals surface area contributed by atoms with Crippen molar-refractivity contribution in [1.82, 2.24) is 10.2 Å². The molecule has 0 atom stereocenters. The Bertz CT molecular complexity index is 701. The fraction of sp³-hybridized carbons (Fsp3) is 0.250. The van der Waals surface area contributed by atoms with Gasteiger partial charge in [-0.3, -0.25) is 9.89 Å². The van der Waals surface area contributed by atoms with Gasteiger partial charge in [0.15, 0.2) is 5.82 Å². The molecule has 1 aliphatic rings. The van der Waals surface area contributed by atoms with E-state index in [-0.39, 0.29) is 5.91 Å². The summed E-state index contributed by atoms with van der Waals surface area (Å²) in [4.78, 5) is 11.9. The number of benzene rings is 1. The van der Waals surface area contributed by atoms with Gasteiger partial charge in [-0.25, -0.2) is 0 Å². The molecule has 1 heterocycles. The number of nitrogens with zero attached hydrogens (tertiary/aromatic N) is 1. The van der Waals surface area contributed by atoms with Crippen LogP contribution >= 0.6 is 11.6 Å². The molecule has 1 amide bonds. The fourth-order valence-electron chi connectivity index (χ4n) is 2.24. The molecule has 1 aromatic heterocycles. The highest BCUT2D eigenvalue weighted by Gasteiger charge is 2.28. The minimum absolute atomic E-state index is 0.216. The largest absolute Gasteiger partial charge is 0.305 e. The predicted octanol–water partition coefficient (Wildman–Crippen LogP) is 3.90. The SMILES string of the molecule is Cc1c(NC(=O)/C=C/c2ccccc2Cl)n[nH]c1C1CC1. The van der Waals surface area contributed by atoms with E-state index < -0.39 is 0 Å². The number of carbonyl (C=O) groups excluding carboxylic acids is 1. The summed E-state index contributed by atoms with van der Waals surface area (Å²) in [7, 11) is 0. The van der Waals surface area contributed by atoms with Gasteiger partial charge < -0.3 is 5.32 Å². The molecule has 1 aromatic carbocycles. The number of hydrogen-bond acceptors (Lipinski definition) is 2. The van der Waals surface area contributed by atoms with E-state index in [4.69, 9.17) is 11.6 Å². The van der Waals surface area contributed by atoms with Crippen LogP contribution in [0.2, 0.25) is 5.02 Å². The first-order valence-corrected chi connectivity index (χ1v) is 7.31. The second-order valence-corrected chi connectivity index (χ2v) is 5.64. The van der Waals surface area contributed by atoms with Crippen LogP contribution in [-0.2, 0) is 4.79 Å².